The van der Waals surface area contributed by atoms with Gasteiger partial charge in [0.05, 0.1) is 33.3 Å². The van der Waals surface area contributed by atoms with Gasteiger partial charge < -0.3 is 4.98 Å². The van der Waals surface area contributed by atoms with E-state index in [0.717, 1.165) is 12.1 Å². The quantitative estimate of drug-likeness (QED) is 0.646. The van der Waals surface area contributed by atoms with Crippen molar-refractivity contribution in [3.05, 3.63) is 46.7 Å². The molecule has 148 valence electrons. The largest absolute Gasteiger partial charge is 0.416 e. The van der Waals surface area contributed by atoms with Gasteiger partial charge in [-0.05, 0) is 37.1 Å². The highest BCUT2D eigenvalue weighted by atomic mass is 35.5. The van der Waals surface area contributed by atoms with Crippen molar-refractivity contribution in [2.45, 2.75) is 24.9 Å². The minimum atomic E-state index is -4.52. The Balaban J connectivity index is 1.78. The van der Waals surface area contributed by atoms with Crippen LogP contribution in [0.3, 0.4) is 0 Å². The number of hydrogen-bond acceptors (Lipinski definition) is 4. The number of rotatable bonds is 2. The van der Waals surface area contributed by atoms with Gasteiger partial charge in [0, 0.05) is 17.7 Å². The summed E-state index contributed by atoms with van der Waals surface area (Å²) < 4.78 is 62.5. The fourth-order valence-corrected chi connectivity index (χ4v) is 5.23. The van der Waals surface area contributed by atoms with Gasteiger partial charge >= 0.3 is 6.18 Å². The molecule has 1 aromatic carbocycles. The van der Waals surface area contributed by atoms with Crippen molar-refractivity contribution in [2.24, 2.45) is 0 Å². The fourth-order valence-electron chi connectivity index (χ4n) is 3.47. The van der Waals surface area contributed by atoms with E-state index < -0.39 is 21.6 Å². The van der Waals surface area contributed by atoms with Crippen molar-refractivity contribution in [1.29, 1.82) is 0 Å². The number of H-pyrrole nitrogens is 1. The van der Waals surface area contributed by atoms with E-state index in [4.69, 9.17) is 11.6 Å². The van der Waals surface area contributed by atoms with Crippen LogP contribution in [0.5, 0.6) is 0 Å². The van der Waals surface area contributed by atoms with Crippen molar-refractivity contribution in [1.82, 2.24) is 15.0 Å². The van der Waals surface area contributed by atoms with Gasteiger partial charge in [-0.2, -0.15) is 13.2 Å². The SMILES string of the molecule is O=S1(=O)CCC(c2ncccc2-c2nc3c(Cl)cc(C(F)(F)F)cc3[nH]2)CC1. The molecule has 2 aromatic heterocycles. The van der Waals surface area contributed by atoms with E-state index >= 15 is 0 Å². The number of aromatic nitrogens is 3. The molecule has 0 atom stereocenters. The van der Waals surface area contributed by atoms with Crippen LogP contribution >= 0.6 is 11.6 Å². The zero-order chi connectivity index (χ0) is 20.1. The van der Waals surface area contributed by atoms with Crippen molar-refractivity contribution in [2.75, 3.05) is 11.5 Å². The average Bonchev–Trinajstić information content (AvgIpc) is 3.06. The standard InChI is InChI=1S/C18H15ClF3N3O2S/c19-13-8-11(18(20,21)22)9-14-16(13)25-17(24-14)12-2-1-5-23-15(12)10-3-6-28(26,27)7-4-10/h1-2,5,8-10H,3-4,6-7H2,(H,24,25). The summed E-state index contributed by atoms with van der Waals surface area (Å²) in [5.41, 5.74) is 0.877. The van der Waals surface area contributed by atoms with Gasteiger partial charge in [0.1, 0.15) is 21.2 Å². The van der Waals surface area contributed by atoms with Crippen molar-refractivity contribution >= 4 is 32.5 Å². The summed E-state index contributed by atoms with van der Waals surface area (Å²) in [6, 6.07) is 5.29. The number of benzene rings is 1. The fraction of sp³-hybridized carbons (Fsp3) is 0.333. The third kappa shape index (κ3) is 3.60. The Bertz CT molecular complexity index is 1140. The number of hydrogen-bond donors (Lipinski definition) is 1. The number of halogens is 4. The lowest BCUT2D eigenvalue weighted by Crippen LogP contribution is -2.23. The Morgan fingerprint density at radius 1 is 1.18 bits per heavy atom. The molecule has 1 N–H and O–H groups in total. The number of sulfone groups is 1. The Morgan fingerprint density at radius 3 is 2.57 bits per heavy atom. The van der Waals surface area contributed by atoms with Crippen LogP contribution in [0.1, 0.15) is 30.0 Å². The summed E-state index contributed by atoms with van der Waals surface area (Å²) in [4.78, 5) is 11.7. The Morgan fingerprint density at radius 2 is 1.89 bits per heavy atom. The number of nitrogens with one attached hydrogen (secondary N) is 1. The summed E-state index contributed by atoms with van der Waals surface area (Å²) >= 11 is 6.02. The Kier molecular flexibility index (Phi) is 4.62. The van der Waals surface area contributed by atoms with Gasteiger partial charge in [-0.15, -0.1) is 0 Å². The first-order valence-corrected chi connectivity index (χ1v) is 10.8. The molecule has 1 aliphatic heterocycles. The van der Waals surface area contributed by atoms with Crippen LogP contribution in [-0.2, 0) is 16.0 Å². The molecule has 1 fully saturated rings. The highest BCUT2D eigenvalue weighted by Crippen LogP contribution is 2.37. The predicted octanol–water partition coefficient (Wildman–Crippen LogP) is 4.59. The maximum atomic E-state index is 13.0. The van der Waals surface area contributed by atoms with Crippen LogP contribution in [0.25, 0.3) is 22.4 Å². The second-order valence-electron chi connectivity index (χ2n) is 6.80. The molecule has 3 aromatic rings. The van der Waals surface area contributed by atoms with E-state index in [1.807, 2.05) is 0 Å². The normalized spacial score (nSPS) is 17.9. The van der Waals surface area contributed by atoms with Crippen LogP contribution in [0, 0.1) is 0 Å². The van der Waals surface area contributed by atoms with E-state index in [1.54, 1.807) is 18.3 Å². The number of aromatic amines is 1. The van der Waals surface area contributed by atoms with Gasteiger partial charge in [-0.1, -0.05) is 11.6 Å². The molecule has 0 spiro atoms. The molecular formula is C18H15ClF3N3O2S. The molecule has 4 rings (SSSR count). The molecule has 3 heterocycles. The molecule has 28 heavy (non-hydrogen) atoms. The van der Waals surface area contributed by atoms with Crippen LogP contribution in [0.15, 0.2) is 30.5 Å². The molecule has 0 bridgehead atoms. The molecular weight excluding hydrogens is 415 g/mol. The summed E-state index contributed by atoms with van der Waals surface area (Å²) in [6.07, 6.45) is -2.01. The highest BCUT2D eigenvalue weighted by molar-refractivity contribution is 7.91. The van der Waals surface area contributed by atoms with Crippen LogP contribution in [0.2, 0.25) is 5.02 Å². The second kappa shape index (κ2) is 6.73. The monoisotopic (exact) mass is 429 g/mol. The summed E-state index contributed by atoms with van der Waals surface area (Å²) in [5.74, 6) is 0.477. The smallest absolute Gasteiger partial charge is 0.338 e. The molecule has 0 radical (unpaired) electrons. The van der Waals surface area contributed by atoms with E-state index in [1.165, 1.54) is 0 Å². The minimum Gasteiger partial charge on any atom is -0.338 e. The molecule has 1 saturated heterocycles. The van der Waals surface area contributed by atoms with E-state index in [0.29, 0.717) is 29.9 Å². The molecule has 10 heteroatoms. The third-order valence-corrected chi connectivity index (χ3v) is 6.91. The predicted molar refractivity (Wildman–Crippen MR) is 100.0 cm³/mol. The molecule has 0 aliphatic carbocycles. The molecule has 0 saturated carbocycles. The van der Waals surface area contributed by atoms with Crippen molar-refractivity contribution in [3.63, 3.8) is 0 Å². The minimum absolute atomic E-state index is 0.0610. The zero-order valence-corrected chi connectivity index (χ0v) is 16.0. The number of alkyl halides is 3. The van der Waals surface area contributed by atoms with Crippen LogP contribution in [-0.4, -0.2) is 34.9 Å². The van der Waals surface area contributed by atoms with Gasteiger partial charge in [0.25, 0.3) is 0 Å². The third-order valence-electron chi connectivity index (χ3n) is 4.90. The summed E-state index contributed by atoms with van der Waals surface area (Å²) in [6.45, 7) is 0. The van der Waals surface area contributed by atoms with Crippen molar-refractivity contribution in [3.8, 4) is 11.4 Å². The van der Waals surface area contributed by atoms with Crippen molar-refractivity contribution < 1.29 is 21.6 Å². The molecule has 0 unspecified atom stereocenters. The topological polar surface area (TPSA) is 75.7 Å². The van der Waals surface area contributed by atoms with Gasteiger partial charge in [0.15, 0.2) is 0 Å². The van der Waals surface area contributed by atoms with E-state index in [9.17, 15) is 21.6 Å². The van der Waals surface area contributed by atoms with Gasteiger partial charge in [0.2, 0.25) is 0 Å². The lowest BCUT2D eigenvalue weighted by atomic mass is 9.94. The molecule has 0 amide bonds. The van der Waals surface area contributed by atoms with E-state index in [2.05, 4.69) is 15.0 Å². The number of nitrogens with zero attached hydrogens (tertiary/aromatic N) is 2. The zero-order valence-electron chi connectivity index (χ0n) is 14.4. The van der Waals surface area contributed by atoms with E-state index in [-0.39, 0.29) is 33.5 Å². The van der Waals surface area contributed by atoms with Gasteiger partial charge in [-0.3, -0.25) is 4.98 Å². The lowest BCUT2D eigenvalue weighted by molar-refractivity contribution is -0.137. The first-order valence-electron chi connectivity index (χ1n) is 8.56. The Labute approximate surface area is 163 Å². The summed E-state index contributed by atoms with van der Waals surface area (Å²) in [7, 11) is -3.02. The maximum Gasteiger partial charge on any atom is 0.416 e. The number of fused-ring (bicyclic) bond motifs is 1. The lowest BCUT2D eigenvalue weighted by Gasteiger charge is -2.22. The summed E-state index contributed by atoms with van der Waals surface area (Å²) in [5, 5.41) is -0.0958. The highest BCUT2D eigenvalue weighted by Gasteiger charge is 2.32. The van der Waals surface area contributed by atoms with Crippen LogP contribution < -0.4 is 0 Å². The average molecular weight is 430 g/mol. The van der Waals surface area contributed by atoms with Crippen LogP contribution in [0.4, 0.5) is 13.2 Å². The maximum absolute atomic E-state index is 13.0. The number of pyridine rings is 1. The first kappa shape index (κ1) is 19.2. The van der Waals surface area contributed by atoms with Gasteiger partial charge in [-0.25, -0.2) is 13.4 Å². The molecule has 1 aliphatic rings. The Hall–Kier alpha value is -2.13. The second-order valence-corrected chi connectivity index (χ2v) is 9.51. The number of imidazole rings is 1. The first-order chi connectivity index (χ1) is 13.1. The molecule has 5 nitrogen and oxygen atoms in total.